The molecule has 47 heavy (non-hydrogen) atoms. The van der Waals surface area contributed by atoms with Crippen LogP contribution in [0.15, 0.2) is 36.4 Å². The molecule has 0 radical (unpaired) electrons. The van der Waals surface area contributed by atoms with Gasteiger partial charge in [-0.2, -0.15) is 0 Å². The van der Waals surface area contributed by atoms with E-state index in [4.69, 9.17) is 14.2 Å². The lowest BCUT2D eigenvalue weighted by atomic mass is 9.83. The maximum Gasteiger partial charge on any atom is 0.336 e. The third-order valence-corrected chi connectivity index (χ3v) is 9.29. The number of benzene rings is 1. The fraction of sp³-hybridized carbons (Fsp3) is 0.639. The minimum Gasteiger partial charge on any atom is -0.481 e. The number of carboxylic acid groups (broad SMARTS) is 1. The van der Waals surface area contributed by atoms with E-state index in [1.165, 1.54) is 39.6 Å². The molecular formula is C36H55NO9S. The summed E-state index contributed by atoms with van der Waals surface area (Å²) in [6.07, 6.45) is 12.6. The van der Waals surface area contributed by atoms with Gasteiger partial charge < -0.3 is 29.7 Å². The summed E-state index contributed by atoms with van der Waals surface area (Å²) in [7, 11) is 1.79. The van der Waals surface area contributed by atoms with Crippen molar-refractivity contribution in [2.45, 2.75) is 103 Å². The Bertz CT molecular complexity index is 1180. The number of carbonyl (C=O) groups is 3. The first-order valence-corrected chi connectivity index (χ1v) is 18.1. The van der Waals surface area contributed by atoms with Gasteiger partial charge in [-0.1, -0.05) is 75.7 Å². The van der Waals surface area contributed by atoms with E-state index in [1.54, 1.807) is 37.3 Å². The lowest BCUT2D eigenvalue weighted by Gasteiger charge is -2.30. The third-order valence-electron chi connectivity index (χ3n) is 7.80. The monoisotopic (exact) mass is 677 g/mol. The topological polar surface area (TPSA) is 148 Å². The zero-order chi connectivity index (χ0) is 34.9. The number of carbonyl (C=O) groups excluding carboxylic acids is 2. The van der Waals surface area contributed by atoms with E-state index in [0.29, 0.717) is 23.5 Å². The first-order valence-electron chi connectivity index (χ1n) is 16.6. The number of ether oxygens (including phenoxy) is 3. The summed E-state index contributed by atoms with van der Waals surface area (Å²) in [5.41, 5.74) is -1.77. The Morgan fingerprint density at radius 1 is 1.00 bits per heavy atom. The lowest BCUT2D eigenvalue weighted by Crippen LogP contribution is -2.55. The number of methoxy groups -OCH3 is 2. The van der Waals surface area contributed by atoms with E-state index < -0.39 is 46.2 Å². The van der Waals surface area contributed by atoms with Crippen molar-refractivity contribution in [3.8, 4) is 17.6 Å². The number of nitrogens with one attached hydrogen (secondary N) is 1. The van der Waals surface area contributed by atoms with Crippen LogP contribution in [0, 0.1) is 17.8 Å². The summed E-state index contributed by atoms with van der Waals surface area (Å²) in [6.45, 7) is 4.03. The highest BCUT2D eigenvalue weighted by Gasteiger charge is 2.47. The molecule has 0 bridgehead atoms. The number of carboxylic acids is 1. The Labute approximate surface area is 283 Å². The molecule has 3 N–H and O–H groups in total. The fourth-order valence-electron chi connectivity index (χ4n) is 4.94. The number of aliphatic carboxylic acids is 1. The molecule has 0 aromatic heterocycles. The van der Waals surface area contributed by atoms with Crippen LogP contribution in [0.5, 0.6) is 5.75 Å². The van der Waals surface area contributed by atoms with Gasteiger partial charge in [-0.3, -0.25) is 9.00 Å². The Morgan fingerprint density at radius 2 is 1.64 bits per heavy atom. The summed E-state index contributed by atoms with van der Waals surface area (Å²) in [5.74, 6) is 2.99. The zero-order valence-electron chi connectivity index (χ0n) is 28.6. The third kappa shape index (κ3) is 17.0. The molecule has 1 amide bonds. The molecule has 0 aliphatic heterocycles. The minimum atomic E-state index is -2.47. The number of allylic oxidation sites excluding steroid dienone is 1. The maximum absolute atomic E-state index is 13.6. The molecule has 10 nitrogen and oxygen atoms in total. The molecule has 0 fully saturated rings. The predicted molar refractivity (Wildman–Crippen MR) is 184 cm³/mol. The van der Waals surface area contributed by atoms with Crippen LogP contribution in [-0.2, 0) is 41.1 Å². The molecule has 0 aliphatic carbocycles. The van der Waals surface area contributed by atoms with Crippen LogP contribution in [0.2, 0.25) is 0 Å². The number of unbranched alkanes of at least 4 members (excludes halogenated alkanes) is 8. The van der Waals surface area contributed by atoms with Gasteiger partial charge in [-0.05, 0) is 50.3 Å². The molecule has 1 aromatic carbocycles. The summed E-state index contributed by atoms with van der Waals surface area (Å²) in [6, 6.07) is 5.79. The highest BCUT2D eigenvalue weighted by molar-refractivity contribution is 7.84. The summed E-state index contributed by atoms with van der Waals surface area (Å²) >= 11 is 0. The minimum absolute atomic E-state index is 0.0666. The van der Waals surface area contributed by atoms with Crippen molar-refractivity contribution < 1.29 is 43.0 Å². The highest BCUT2D eigenvalue weighted by atomic mass is 32.2. The normalized spacial score (nSPS) is 14.3. The van der Waals surface area contributed by atoms with E-state index in [-0.39, 0.29) is 26.1 Å². The van der Waals surface area contributed by atoms with Crippen molar-refractivity contribution in [2.24, 2.45) is 5.92 Å². The fourth-order valence-corrected chi connectivity index (χ4v) is 6.20. The lowest BCUT2D eigenvalue weighted by molar-refractivity contribution is -0.169. The van der Waals surface area contributed by atoms with Gasteiger partial charge in [-0.15, -0.1) is 5.92 Å². The van der Waals surface area contributed by atoms with Gasteiger partial charge in [0.2, 0.25) is 5.91 Å². The van der Waals surface area contributed by atoms with Crippen molar-refractivity contribution in [3.05, 3.63) is 42.0 Å². The number of hydrogen-bond acceptors (Lipinski definition) is 8. The molecular weight excluding hydrogens is 622 g/mol. The van der Waals surface area contributed by atoms with Crippen LogP contribution in [0.4, 0.5) is 0 Å². The Hall–Kier alpha value is -3.20. The van der Waals surface area contributed by atoms with Gasteiger partial charge >= 0.3 is 11.9 Å². The van der Waals surface area contributed by atoms with Crippen molar-refractivity contribution >= 4 is 28.6 Å². The van der Waals surface area contributed by atoms with Crippen LogP contribution in [0.25, 0.3) is 0 Å². The number of rotatable bonds is 26. The largest absolute Gasteiger partial charge is 0.481 e. The quantitative estimate of drug-likeness (QED) is 0.0534. The second kappa shape index (κ2) is 24.9. The summed E-state index contributed by atoms with van der Waals surface area (Å²) < 4.78 is 27.7. The Balaban J connectivity index is 2.87. The Kier molecular flexibility index (Phi) is 22.2. The average Bonchev–Trinajstić information content (AvgIpc) is 3.06. The van der Waals surface area contributed by atoms with Crippen LogP contribution >= 0.6 is 0 Å². The molecule has 4 atom stereocenters. The number of hydrogen-bond donors (Lipinski definition) is 3. The molecule has 1 rings (SSSR count). The van der Waals surface area contributed by atoms with Crippen molar-refractivity contribution in [2.75, 3.05) is 38.9 Å². The summed E-state index contributed by atoms with van der Waals surface area (Å²) in [5, 5.41) is 23.8. The van der Waals surface area contributed by atoms with Gasteiger partial charge in [0.1, 0.15) is 18.4 Å². The highest BCUT2D eigenvalue weighted by Crippen LogP contribution is 2.26. The average molecular weight is 678 g/mol. The van der Waals surface area contributed by atoms with Crippen LogP contribution in [0.1, 0.15) is 90.0 Å². The first kappa shape index (κ1) is 41.8. The molecule has 1 unspecified atom stereocenters. The molecule has 1 aromatic rings. The second-order valence-electron chi connectivity index (χ2n) is 11.5. The SMILES string of the molecule is CC#CCOc1ccc(C[C@H](NC(=O)[C@@H](C=CCCCCCCS(=O)CCCCCCC)[C@@](O)(CCOC)C(=O)O)C(=O)OC)cc1. The number of esters is 1. The van der Waals surface area contributed by atoms with E-state index in [9.17, 15) is 28.8 Å². The number of amides is 1. The zero-order valence-corrected chi connectivity index (χ0v) is 29.4. The van der Waals surface area contributed by atoms with E-state index >= 15 is 0 Å². The molecule has 0 saturated heterocycles. The smallest absolute Gasteiger partial charge is 0.336 e. The molecule has 0 spiro atoms. The first-order chi connectivity index (χ1) is 22.6. The van der Waals surface area contributed by atoms with Gasteiger partial charge in [0.05, 0.1) is 13.0 Å². The standard InChI is InChI=1S/C36H55NO9S/c1-5-7-9-13-16-26-47(43)27-17-14-11-10-12-15-18-31(36(42,35(40)41)23-25-44-3)33(38)37-32(34(39)45-4)28-29-19-21-30(22-20-29)46-24-8-6-2/h15,18-22,31-32,42H,5,7,9-14,16-17,23-28H2,1-4H3,(H,37,38)(H,40,41)/t31-,32+,36+,47?/m1/s1. The summed E-state index contributed by atoms with van der Waals surface area (Å²) in [4.78, 5) is 38.5. The predicted octanol–water partition coefficient (Wildman–Crippen LogP) is 4.98. The van der Waals surface area contributed by atoms with Gasteiger partial charge in [0.25, 0.3) is 0 Å². The Morgan fingerprint density at radius 3 is 2.21 bits per heavy atom. The molecule has 11 heteroatoms. The van der Waals surface area contributed by atoms with E-state index in [0.717, 1.165) is 44.3 Å². The van der Waals surface area contributed by atoms with Gasteiger partial charge in [0, 0.05) is 48.9 Å². The van der Waals surface area contributed by atoms with E-state index in [2.05, 4.69) is 24.1 Å². The van der Waals surface area contributed by atoms with E-state index in [1.807, 2.05) is 0 Å². The van der Waals surface area contributed by atoms with Crippen molar-refractivity contribution in [1.29, 1.82) is 0 Å². The van der Waals surface area contributed by atoms with Crippen LogP contribution in [-0.4, -0.2) is 82.8 Å². The van der Waals surface area contributed by atoms with Crippen LogP contribution < -0.4 is 10.1 Å². The number of aliphatic hydroxyl groups is 1. The molecule has 0 aliphatic rings. The molecule has 264 valence electrons. The van der Waals surface area contributed by atoms with Crippen LogP contribution in [0.3, 0.4) is 0 Å². The van der Waals surface area contributed by atoms with Crippen molar-refractivity contribution in [1.82, 2.24) is 5.32 Å². The van der Waals surface area contributed by atoms with Gasteiger partial charge in [0.15, 0.2) is 5.60 Å². The molecule has 0 saturated carbocycles. The van der Waals surface area contributed by atoms with Gasteiger partial charge in [-0.25, -0.2) is 9.59 Å². The van der Waals surface area contributed by atoms with Crippen molar-refractivity contribution in [3.63, 3.8) is 0 Å². The second-order valence-corrected chi connectivity index (χ2v) is 13.2. The molecule has 0 heterocycles. The maximum atomic E-state index is 13.6.